The van der Waals surface area contributed by atoms with Gasteiger partial charge in [-0.25, -0.2) is 4.79 Å². The summed E-state index contributed by atoms with van der Waals surface area (Å²) in [7, 11) is 0. The van der Waals surface area contributed by atoms with E-state index in [4.69, 9.17) is 10.8 Å². The molecule has 0 rings (SSSR count). The Hall–Kier alpha value is -1.89. The van der Waals surface area contributed by atoms with Crippen molar-refractivity contribution in [3.8, 4) is 0 Å². The van der Waals surface area contributed by atoms with Gasteiger partial charge in [0, 0.05) is 5.57 Å². The molecule has 0 aromatic rings. The number of hydroxylamine groups is 1. The van der Waals surface area contributed by atoms with Crippen LogP contribution in [-0.4, -0.2) is 29.0 Å². The lowest BCUT2D eigenvalue weighted by atomic mass is 10.2. The molecule has 0 spiro atoms. The van der Waals surface area contributed by atoms with E-state index in [0.29, 0.717) is 0 Å². The standard InChI is InChI=1S/C8H12N2O5/c1-4(2)8(14)15-10-5(7(12)13)3-6(9)11/h5,10H,1,3H2,2H3,(H2,9,11)(H,12,13). The molecule has 0 aliphatic carbocycles. The number of hydrogen-bond donors (Lipinski definition) is 3. The molecule has 0 aromatic heterocycles. The monoisotopic (exact) mass is 216 g/mol. The highest BCUT2D eigenvalue weighted by atomic mass is 16.7. The van der Waals surface area contributed by atoms with Crippen molar-refractivity contribution in [1.82, 2.24) is 5.48 Å². The third-order valence-corrected chi connectivity index (χ3v) is 1.35. The lowest BCUT2D eigenvalue weighted by Crippen LogP contribution is -2.41. The second-order valence-electron chi connectivity index (χ2n) is 2.85. The Morgan fingerprint density at radius 1 is 1.53 bits per heavy atom. The molecule has 0 aliphatic rings. The second kappa shape index (κ2) is 5.76. The minimum absolute atomic E-state index is 0.103. The third kappa shape index (κ3) is 5.42. The first-order chi connectivity index (χ1) is 6.84. The van der Waals surface area contributed by atoms with Crippen LogP contribution in [0.2, 0.25) is 0 Å². The van der Waals surface area contributed by atoms with Crippen molar-refractivity contribution in [2.45, 2.75) is 19.4 Å². The number of hydrogen-bond acceptors (Lipinski definition) is 5. The topological polar surface area (TPSA) is 119 Å². The van der Waals surface area contributed by atoms with E-state index in [1.807, 2.05) is 5.48 Å². The molecule has 4 N–H and O–H groups in total. The fraction of sp³-hybridized carbons (Fsp3) is 0.375. The molecule has 0 aliphatic heterocycles. The molecule has 15 heavy (non-hydrogen) atoms. The summed E-state index contributed by atoms with van der Waals surface area (Å²) in [5.74, 6) is -2.96. The summed E-state index contributed by atoms with van der Waals surface area (Å²) in [4.78, 5) is 36.2. The van der Waals surface area contributed by atoms with E-state index in [2.05, 4.69) is 11.4 Å². The maximum absolute atomic E-state index is 10.9. The van der Waals surface area contributed by atoms with Crippen LogP contribution in [0.15, 0.2) is 12.2 Å². The van der Waals surface area contributed by atoms with Gasteiger partial charge in [-0.3, -0.25) is 9.59 Å². The van der Waals surface area contributed by atoms with Crippen LogP contribution < -0.4 is 11.2 Å². The van der Waals surface area contributed by atoms with Crippen LogP contribution >= 0.6 is 0 Å². The quantitative estimate of drug-likeness (QED) is 0.384. The molecule has 7 heteroatoms. The van der Waals surface area contributed by atoms with Gasteiger partial charge in [-0.05, 0) is 6.92 Å². The van der Waals surface area contributed by atoms with Gasteiger partial charge in [0.2, 0.25) is 5.91 Å². The molecular weight excluding hydrogens is 204 g/mol. The number of carbonyl (C=O) groups excluding carboxylic acids is 2. The summed E-state index contributed by atoms with van der Waals surface area (Å²) in [6, 6.07) is -1.36. The van der Waals surface area contributed by atoms with E-state index >= 15 is 0 Å². The molecule has 1 atom stereocenters. The van der Waals surface area contributed by atoms with Crippen LogP contribution in [0.5, 0.6) is 0 Å². The smallest absolute Gasteiger partial charge is 0.351 e. The van der Waals surface area contributed by atoms with Crippen molar-refractivity contribution >= 4 is 17.8 Å². The van der Waals surface area contributed by atoms with Gasteiger partial charge in [0.1, 0.15) is 6.04 Å². The average molecular weight is 216 g/mol. The SMILES string of the molecule is C=C(C)C(=O)ONC(CC(N)=O)C(=O)O. The maximum Gasteiger partial charge on any atom is 0.351 e. The van der Waals surface area contributed by atoms with Gasteiger partial charge in [-0.2, -0.15) is 0 Å². The fourth-order valence-electron chi connectivity index (χ4n) is 0.592. The van der Waals surface area contributed by atoms with E-state index in [0.717, 1.165) is 0 Å². The predicted octanol–water partition coefficient (Wildman–Crippen LogP) is -1.06. The Kier molecular flexibility index (Phi) is 5.03. The average Bonchev–Trinajstić information content (AvgIpc) is 2.10. The van der Waals surface area contributed by atoms with Gasteiger partial charge in [0.05, 0.1) is 6.42 Å². The van der Waals surface area contributed by atoms with Crippen LogP contribution in [0.1, 0.15) is 13.3 Å². The van der Waals surface area contributed by atoms with Crippen LogP contribution in [0.25, 0.3) is 0 Å². The van der Waals surface area contributed by atoms with E-state index in [1.165, 1.54) is 6.92 Å². The van der Waals surface area contributed by atoms with E-state index in [9.17, 15) is 14.4 Å². The lowest BCUT2D eigenvalue weighted by molar-refractivity contribution is -0.155. The zero-order valence-corrected chi connectivity index (χ0v) is 8.15. The van der Waals surface area contributed by atoms with Gasteiger partial charge in [0.25, 0.3) is 0 Å². The normalized spacial score (nSPS) is 11.5. The second-order valence-corrected chi connectivity index (χ2v) is 2.85. The molecular formula is C8H12N2O5. The zero-order chi connectivity index (χ0) is 12.0. The number of carbonyl (C=O) groups is 3. The molecule has 84 valence electrons. The number of rotatable bonds is 6. The molecule has 1 amide bonds. The first-order valence-electron chi connectivity index (χ1n) is 3.98. The highest BCUT2D eigenvalue weighted by Gasteiger charge is 2.21. The van der Waals surface area contributed by atoms with Gasteiger partial charge < -0.3 is 15.7 Å². The van der Waals surface area contributed by atoms with Crippen molar-refractivity contribution < 1.29 is 24.3 Å². The van der Waals surface area contributed by atoms with Crippen molar-refractivity contribution in [3.05, 3.63) is 12.2 Å². The highest BCUT2D eigenvalue weighted by molar-refractivity contribution is 5.87. The summed E-state index contributed by atoms with van der Waals surface area (Å²) >= 11 is 0. The minimum atomic E-state index is -1.36. The fourth-order valence-corrected chi connectivity index (χ4v) is 0.592. The summed E-state index contributed by atoms with van der Waals surface area (Å²) < 4.78 is 0. The van der Waals surface area contributed by atoms with Gasteiger partial charge in [-0.1, -0.05) is 6.58 Å². The van der Waals surface area contributed by atoms with Crippen LogP contribution in [0.4, 0.5) is 0 Å². The molecule has 0 radical (unpaired) electrons. The Labute approximate surface area is 85.8 Å². The number of carboxylic acids is 1. The molecule has 0 saturated carbocycles. The molecule has 0 bridgehead atoms. The number of amides is 1. The Morgan fingerprint density at radius 2 is 2.07 bits per heavy atom. The summed E-state index contributed by atoms with van der Waals surface area (Å²) in [6.45, 7) is 4.68. The van der Waals surface area contributed by atoms with Crippen molar-refractivity contribution in [2.75, 3.05) is 0 Å². The molecule has 7 nitrogen and oxygen atoms in total. The molecule has 0 aromatic carbocycles. The van der Waals surface area contributed by atoms with Crippen molar-refractivity contribution in [2.24, 2.45) is 5.73 Å². The number of aliphatic carboxylic acids is 1. The first kappa shape index (κ1) is 13.1. The number of nitrogens with two attached hydrogens (primary N) is 1. The Balaban J connectivity index is 4.19. The summed E-state index contributed by atoms with van der Waals surface area (Å²) in [5.41, 5.74) is 6.82. The summed E-state index contributed by atoms with van der Waals surface area (Å²) in [6.07, 6.45) is -0.473. The van der Waals surface area contributed by atoms with E-state index in [-0.39, 0.29) is 5.57 Å². The van der Waals surface area contributed by atoms with Crippen molar-refractivity contribution in [3.63, 3.8) is 0 Å². The van der Waals surface area contributed by atoms with Crippen LogP contribution in [0.3, 0.4) is 0 Å². The predicted molar refractivity (Wildman–Crippen MR) is 49.3 cm³/mol. The third-order valence-electron chi connectivity index (χ3n) is 1.35. The molecule has 1 unspecified atom stereocenters. The molecule has 0 fully saturated rings. The largest absolute Gasteiger partial charge is 0.480 e. The van der Waals surface area contributed by atoms with Crippen LogP contribution in [-0.2, 0) is 19.2 Å². The van der Waals surface area contributed by atoms with E-state index in [1.54, 1.807) is 0 Å². The zero-order valence-electron chi connectivity index (χ0n) is 8.15. The maximum atomic E-state index is 10.9. The Bertz CT molecular complexity index is 299. The number of nitrogens with one attached hydrogen (secondary N) is 1. The van der Waals surface area contributed by atoms with Gasteiger partial charge >= 0.3 is 11.9 Å². The number of carboxylic acid groups (broad SMARTS) is 1. The highest BCUT2D eigenvalue weighted by Crippen LogP contribution is 1.95. The first-order valence-corrected chi connectivity index (χ1v) is 3.98. The van der Waals surface area contributed by atoms with Crippen LogP contribution in [0, 0.1) is 0 Å². The Morgan fingerprint density at radius 3 is 2.40 bits per heavy atom. The van der Waals surface area contributed by atoms with Crippen molar-refractivity contribution in [1.29, 1.82) is 0 Å². The number of primary amides is 1. The summed E-state index contributed by atoms with van der Waals surface area (Å²) in [5, 5.41) is 8.59. The molecule has 0 heterocycles. The van der Waals surface area contributed by atoms with Gasteiger partial charge in [0.15, 0.2) is 0 Å². The minimum Gasteiger partial charge on any atom is -0.480 e. The van der Waals surface area contributed by atoms with E-state index < -0.39 is 30.3 Å². The molecule has 0 saturated heterocycles. The lowest BCUT2D eigenvalue weighted by Gasteiger charge is -2.11. The van der Waals surface area contributed by atoms with Gasteiger partial charge in [-0.15, -0.1) is 5.48 Å².